The second kappa shape index (κ2) is 4.12. The van der Waals surface area contributed by atoms with Crippen molar-refractivity contribution in [1.29, 1.82) is 0 Å². The molecule has 0 aliphatic carbocycles. The summed E-state index contributed by atoms with van der Waals surface area (Å²) in [7, 11) is 0. The first-order chi connectivity index (χ1) is 8.69. The monoisotopic (exact) mass is 261 g/mol. The number of aryl methyl sites for hydroxylation is 1. The van der Waals surface area contributed by atoms with Gasteiger partial charge < -0.3 is 5.73 Å². The highest BCUT2D eigenvalue weighted by Gasteiger charge is 2.12. The summed E-state index contributed by atoms with van der Waals surface area (Å²) < 4.78 is 1.81. The predicted octanol–water partition coefficient (Wildman–Crippen LogP) is 2.14. The van der Waals surface area contributed by atoms with Gasteiger partial charge in [0.1, 0.15) is 0 Å². The van der Waals surface area contributed by atoms with Crippen LogP contribution < -0.4 is 5.73 Å². The van der Waals surface area contributed by atoms with Gasteiger partial charge in [-0.05, 0) is 19.1 Å². The number of nitrogens with one attached hydrogen (secondary N) is 1. The number of aromatic amines is 1. The van der Waals surface area contributed by atoms with Gasteiger partial charge in [0, 0.05) is 17.1 Å². The number of aromatic nitrogens is 4. The first-order valence-corrected chi connectivity index (χ1v) is 5.97. The van der Waals surface area contributed by atoms with E-state index in [0.29, 0.717) is 17.3 Å². The molecule has 0 atom stereocenters. The third kappa shape index (κ3) is 1.68. The highest BCUT2D eigenvalue weighted by atomic mass is 35.5. The average Bonchev–Trinajstić information content (AvgIpc) is 2.85. The van der Waals surface area contributed by atoms with Gasteiger partial charge in [0.25, 0.3) is 5.78 Å². The Morgan fingerprint density at radius 1 is 1.39 bits per heavy atom. The Morgan fingerprint density at radius 3 is 2.94 bits per heavy atom. The molecule has 92 valence electrons. The maximum absolute atomic E-state index is 5.97. The number of nitrogens with two attached hydrogens (primary N) is 1. The summed E-state index contributed by atoms with van der Waals surface area (Å²) in [5.41, 5.74) is 8.46. The zero-order chi connectivity index (χ0) is 12.7. The van der Waals surface area contributed by atoms with Crippen LogP contribution in [0.4, 0.5) is 0 Å². The highest BCUT2D eigenvalue weighted by molar-refractivity contribution is 6.30. The molecule has 3 aromatic rings. The third-order valence-electron chi connectivity index (χ3n) is 2.88. The smallest absolute Gasteiger partial charge is 0.251 e. The Hall–Kier alpha value is -1.85. The molecule has 0 bridgehead atoms. The second-order valence-electron chi connectivity index (χ2n) is 4.07. The number of halogens is 1. The topological polar surface area (TPSA) is 72.0 Å². The molecule has 0 amide bonds. The largest absolute Gasteiger partial charge is 0.325 e. The molecule has 3 rings (SSSR count). The van der Waals surface area contributed by atoms with Crippen LogP contribution in [0.25, 0.3) is 17.2 Å². The molecule has 6 heteroatoms. The Kier molecular flexibility index (Phi) is 2.57. The van der Waals surface area contributed by atoms with E-state index in [4.69, 9.17) is 17.3 Å². The number of H-pyrrole nitrogens is 1. The maximum atomic E-state index is 5.97. The molecule has 0 aliphatic rings. The lowest BCUT2D eigenvalue weighted by Gasteiger charge is -1.98. The van der Waals surface area contributed by atoms with Crippen molar-refractivity contribution in [3.05, 3.63) is 40.7 Å². The fourth-order valence-corrected chi connectivity index (χ4v) is 2.16. The van der Waals surface area contributed by atoms with Crippen molar-refractivity contribution in [2.45, 2.75) is 13.5 Å². The molecule has 0 unspecified atom stereocenters. The number of hydrogen-bond acceptors (Lipinski definition) is 3. The van der Waals surface area contributed by atoms with Gasteiger partial charge in [-0.1, -0.05) is 23.7 Å². The Balaban J connectivity index is 2.17. The quantitative estimate of drug-likeness (QED) is 0.742. The van der Waals surface area contributed by atoms with Crippen molar-refractivity contribution in [3.8, 4) is 11.4 Å². The lowest BCUT2D eigenvalue weighted by molar-refractivity contribution is 0.859. The van der Waals surface area contributed by atoms with Gasteiger partial charge in [0.05, 0.1) is 11.4 Å². The summed E-state index contributed by atoms with van der Waals surface area (Å²) in [6, 6.07) is 7.51. The Labute approximate surface area is 109 Å². The van der Waals surface area contributed by atoms with Crippen LogP contribution in [0.2, 0.25) is 5.02 Å². The van der Waals surface area contributed by atoms with Crippen LogP contribution in [0.15, 0.2) is 24.3 Å². The van der Waals surface area contributed by atoms with Gasteiger partial charge in [0.2, 0.25) is 0 Å². The Morgan fingerprint density at radius 2 is 2.22 bits per heavy atom. The summed E-state index contributed by atoms with van der Waals surface area (Å²) in [5.74, 6) is 1.36. The van der Waals surface area contributed by atoms with Gasteiger partial charge >= 0.3 is 0 Å². The standard InChI is InChI=1S/C12H12ClN5/c1-7-10(6-14)18-12(15-7)16-11(17-18)8-3-2-4-9(13)5-8/h2-5H,6,14H2,1H3,(H,15,16,17). The van der Waals surface area contributed by atoms with E-state index in [-0.39, 0.29) is 0 Å². The molecular formula is C12H12ClN5. The van der Waals surface area contributed by atoms with Gasteiger partial charge in [-0.2, -0.15) is 4.98 Å². The van der Waals surface area contributed by atoms with Crippen LogP contribution >= 0.6 is 11.6 Å². The molecule has 0 saturated carbocycles. The highest BCUT2D eigenvalue weighted by Crippen LogP contribution is 2.21. The van der Waals surface area contributed by atoms with Crippen LogP contribution in [-0.2, 0) is 6.54 Å². The number of rotatable bonds is 2. The van der Waals surface area contributed by atoms with Crippen LogP contribution in [-0.4, -0.2) is 19.6 Å². The maximum Gasteiger partial charge on any atom is 0.251 e. The van der Waals surface area contributed by atoms with Crippen LogP contribution in [0.1, 0.15) is 11.4 Å². The summed E-state index contributed by atoms with van der Waals surface area (Å²) in [6.07, 6.45) is 0. The summed E-state index contributed by atoms with van der Waals surface area (Å²) >= 11 is 5.97. The van der Waals surface area contributed by atoms with Crippen molar-refractivity contribution in [1.82, 2.24) is 19.6 Å². The molecule has 0 saturated heterocycles. The molecule has 5 nitrogen and oxygen atoms in total. The predicted molar refractivity (Wildman–Crippen MR) is 70.4 cm³/mol. The minimum absolute atomic E-state index is 0.421. The van der Waals surface area contributed by atoms with Crippen molar-refractivity contribution >= 4 is 17.4 Å². The molecule has 0 fully saturated rings. The minimum atomic E-state index is 0.421. The zero-order valence-electron chi connectivity index (χ0n) is 9.81. The molecule has 18 heavy (non-hydrogen) atoms. The van der Waals surface area contributed by atoms with Crippen LogP contribution in [0, 0.1) is 6.92 Å². The number of imidazole rings is 1. The number of nitrogens with zero attached hydrogens (tertiary/aromatic N) is 3. The number of benzene rings is 1. The first-order valence-electron chi connectivity index (χ1n) is 5.59. The fraction of sp³-hybridized carbons (Fsp3) is 0.167. The summed E-state index contributed by atoms with van der Waals surface area (Å²) in [6.45, 7) is 2.34. The SMILES string of the molecule is Cc1nc2nc(-c3cccc(Cl)c3)[nH]n2c1CN. The second-order valence-corrected chi connectivity index (χ2v) is 4.50. The minimum Gasteiger partial charge on any atom is -0.325 e. The van der Waals surface area contributed by atoms with E-state index >= 15 is 0 Å². The summed E-state index contributed by atoms with van der Waals surface area (Å²) in [4.78, 5) is 8.80. The number of fused-ring (bicyclic) bond motifs is 1. The van der Waals surface area contributed by atoms with Gasteiger partial charge in [0.15, 0.2) is 5.82 Å². The molecule has 0 spiro atoms. The lowest BCUT2D eigenvalue weighted by atomic mass is 10.2. The molecule has 2 aromatic heterocycles. The molecule has 2 heterocycles. The van der Waals surface area contributed by atoms with E-state index in [0.717, 1.165) is 22.8 Å². The van der Waals surface area contributed by atoms with E-state index in [2.05, 4.69) is 15.1 Å². The normalized spacial score (nSPS) is 11.3. The van der Waals surface area contributed by atoms with Crippen molar-refractivity contribution in [3.63, 3.8) is 0 Å². The zero-order valence-corrected chi connectivity index (χ0v) is 10.6. The average molecular weight is 262 g/mol. The first kappa shape index (κ1) is 11.3. The van der Waals surface area contributed by atoms with Crippen molar-refractivity contribution in [2.24, 2.45) is 5.73 Å². The molecule has 0 radical (unpaired) electrons. The van der Waals surface area contributed by atoms with Gasteiger partial charge in [-0.3, -0.25) is 5.10 Å². The molecular weight excluding hydrogens is 250 g/mol. The van der Waals surface area contributed by atoms with E-state index in [1.807, 2.05) is 35.7 Å². The molecule has 3 N–H and O–H groups in total. The van der Waals surface area contributed by atoms with Crippen LogP contribution in [0.5, 0.6) is 0 Å². The number of hydrogen-bond donors (Lipinski definition) is 2. The van der Waals surface area contributed by atoms with E-state index in [9.17, 15) is 0 Å². The molecule has 0 aliphatic heterocycles. The summed E-state index contributed by atoms with van der Waals surface area (Å²) in [5, 5.41) is 3.86. The third-order valence-corrected chi connectivity index (χ3v) is 3.11. The van der Waals surface area contributed by atoms with Gasteiger partial charge in [-0.15, -0.1) is 0 Å². The van der Waals surface area contributed by atoms with Crippen molar-refractivity contribution in [2.75, 3.05) is 0 Å². The van der Waals surface area contributed by atoms with E-state index in [1.54, 1.807) is 0 Å². The molecule has 1 aromatic carbocycles. The fourth-order valence-electron chi connectivity index (χ4n) is 1.97. The lowest BCUT2D eigenvalue weighted by Crippen LogP contribution is -2.03. The van der Waals surface area contributed by atoms with E-state index in [1.165, 1.54) is 0 Å². The Bertz CT molecular complexity index is 712. The van der Waals surface area contributed by atoms with Crippen molar-refractivity contribution < 1.29 is 0 Å². The van der Waals surface area contributed by atoms with Gasteiger partial charge in [-0.25, -0.2) is 9.50 Å². The van der Waals surface area contributed by atoms with E-state index < -0.39 is 0 Å². The van der Waals surface area contributed by atoms with Crippen LogP contribution in [0.3, 0.4) is 0 Å².